The fourth-order valence-electron chi connectivity index (χ4n) is 4.63. The second kappa shape index (κ2) is 13.0. The van der Waals surface area contributed by atoms with Crippen molar-refractivity contribution in [2.45, 2.75) is 46.7 Å². The molecule has 1 saturated heterocycles. The lowest BCUT2D eigenvalue weighted by atomic mass is 9.98. The number of hydrogen-bond acceptors (Lipinski definition) is 7. The number of nitrogens with one attached hydrogen (secondary N) is 1. The molecule has 0 aliphatic carbocycles. The van der Waals surface area contributed by atoms with Crippen molar-refractivity contribution in [3.63, 3.8) is 0 Å². The first-order valence-corrected chi connectivity index (χ1v) is 13.2. The molecule has 1 atom stereocenters. The van der Waals surface area contributed by atoms with Crippen molar-refractivity contribution in [3.05, 3.63) is 58.5 Å². The Morgan fingerprint density at radius 1 is 1.08 bits per heavy atom. The largest absolute Gasteiger partial charge is 0.486 e. The molecule has 2 aliphatic rings. The number of likely N-dealkylation sites (tertiary alicyclic amines) is 1. The number of ether oxygens (including phenoxy) is 2. The molecule has 0 bridgehead atoms. The van der Waals surface area contributed by atoms with Gasteiger partial charge in [0.2, 0.25) is 0 Å². The van der Waals surface area contributed by atoms with Crippen molar-refractivity contribution >= 4 is 11.0 Å². The number of nitrogens with zero attached hydrogens (tertiary/aromatic N) is 4. The van der Waals surface area contributed by atoms with Gasteiger partial charge in [0, 0.05) is 44.4 Å². The molecule has 0 radical (unpaired) electrons. The van der Waals surface area contributed by atoms with Gasteiger partial charge in [-0.15, -0.1) is 0 Å². The standard InChI is InChI=1S/C24H28FN5O3.C4H10/c25-18-10-21-20(28-13-18)3-4-24(31)30(21)7-6-29-5-1-2-17(16-29)12-26-14-19-11-22-23(15-27-19)33-9-8-32-22;1-4(2)3/h3-4,10-11,13,15,17,26H,1-2,5-9,12,14,16H2;4H,1-3H3. The number of aromatic nitrogens is 3. The third kappa shape index (κ3) is 7.72. The van der Waals surface area contributed by atoms with E-state index in [1.807, 2.05) is 6.07 Å². The summed E-state index contributed by atoms with van der Waals surface area (Å²) >= 11 is 0. The van der Waals surface area contributed by atoms with E-state index in [9.17, 15) is 9.18 Å². The van der Waals surface area contributed by atoms with E-state index in [-0.39, 0.29) is 5.56 Å². The van der Waals surface area contributed by atoms with Crippen molar-refractivity contribution in [3.8, 4) is 11.5 Å². The van der Waals surface area contributed by atoms with Crippen LogP contribution in [0.1, 0.15) is 39.3 Å². The predicted molar refractivity (Wildman–Crippen MR) is 143 cm³/mol. The monoisotopic (exact) mass is 511 g/mol. The Balaban J connectivity index is 0.000000747. The Kier molecular flexibility index (Phi) is 9.46. The van der Waals surface area contributed by atoms with Gasteiger partial charge >= 0.3 is 0 Å². The number of halogens is 1. The Bertz CT molecular complexity index is 1230. The van der Waals surface area contributed by atoms with Crippen LogP contribution < -0.4 is 20.3 Å². The minimum absolute atomic E-state index is 0.128. The SMILES string of the molecule is CC(C)C.O=c1ccc2ncc(F)cc2n1CCN1CCCC(CNCc2cc3c(cn2)OCCO3)C1. The van der Waals surface area contributed by atoms with Gasteiger partial charge in [0.05, 0.1) is 29.1 Å². The highest BCUT2D eigenvalue weighted by molar-refractivity contribution is 5.74. The highest BCUT2D eigenvalue weighted by atomic mass is 19.1. The zero-order valence-electron chi connectivity index (χ0n) is 22.1. The predicted octanol–water partition coefficient (Wildman–Crippen LogP) is 3.87. The van der Waals surface area contributed by atoms with Crippen LogP contribution in [0.3, 0.4) is 0 Å². The molecule has 8 nitrogen and oxygen atoms in total. The molecule has 200 valence electrons. The van der Waals surface area contributed by atoms with Gasteiger partial charge in [-0.25, -0.2) is 4.39 Å². The molecule has 37 heavy (non-hydrogen) atoms. The molecule has 0 amide bonds. The maximum atomic E-state index is 13.7. The molecule has 1 N–H and O–H groups in total. The van der Waals surface area contributed by atoms with Gasteiger partial charge in [0.25, 0.3) is 5.56 Å². The average Bonchev–Trinajstić information content (AvgIpc) is 2.88. The van der Waals surface area contributed by atoms with Crippen LogP contribution in [0.4, 0.5) is 4.39 Å². The molecule has 5 rings (SSSR count). The summed E-state index contributed by atoms with van der Waals surface area (Å²) in [6.07, 6.45) is 5.20. The highest BCUT2D eigenvalue weighted by Crippen LogP contribution is 2.29. The van der Waals surface area contributed by atoms with Crippen molar-refractivity contribution in [1.82, 2.24) is 24.8 Å². The molecule has 9 heteroatoms. The lowest BCUT2D eigenvalue weighted by Crippen LogP contribution is -2.41. The number of fused-ring (bicyclic) bond motifs is 2. The number of piperidine rings is 1. The summed E-state index contributed by atoms with van der Waals surface area (Å²) in [5.41, 5.74) is 1.98. The molecule has 0 aromatic carbocycles. The molecular formula is C28H38FN5O3. The summed E-state index contributed by atoms with van der Waals surface area (Å²) in [5, 5.41) is 3.52. The molecule has 2 aliphatic heterocycles. The quantitative estimate of drug-likeness (QED) is 0.516. The first kappa shape index (κ1) is 27.0. The fraction of sp³-hybridized carbons (Fsp3) is 0.536. The fourth-order valence-corrected chi connectivity index (χ4v) is 4.63. The van der Waals surface area contributed by atoms with Gasteiger partial charge in [-0.1, -0.05) is 20.8 Å². The van der Waals surface area contributed by atoms with Crippen molar-refractivity contribution < 1.29 is 13.9 Å². The molecule has 1 fully saturated rings. The second-order valence-electron chi connectivity index (χ2n) is 10.4. The van der Waals surface area contributed by atoms with Crippen LogP contribution in [0.25, 0.3) is 11.0 Å². The van der Waals surface area contributed by atoms with Crippen LogP contribution in [-0.4, -0.2) is 58.8 Å². The van der Waals surface area contributed by atoms with E-state index in [4.69, 9.17) is 9.47 Å². The van der Waals surface area contributed by atoms with Crippen LogP contribution in [0.15, 0.2) is 41.5 Å². The maximum Gasteiger partial charge on any atom is 0.251 e. The Labute approximate surface area is 217 Å². The summed E-state index contributed by atoms with van der Waals surface area (Å²) < 4.78 is 26.5. The summed E-state index contributed by atoms with van der Waals surface area (Å²) in [6, 6.07) is 6.47. The normalized spacial score (nSPS) is 17.5. The zero-order valence-corrected chi connectivity index (χ0v) is 22.1. The number of rotatable bonds is 7. The number of pyridine rings is 3. The van der Waals surface area contributed by atoms with Crippen LogP contribution in [0, 0.1) is 17.7 Å². The van der Waals surface area contributed by atoms with E-state index >= 15 is 0 Å². The third-order valence-electron chi connectivity index (χ3n) is 6.27. The summed E-state index contributed by atoms with van der Waals surface area (Å²) in [6.45, 7) is 12.4. The molecule has 3 aromatic rings. The summed E-state index contributed by atoms with van der Waals surface area (Å²) in [7, 11) is 0. The molecular weight excluding hydrogens is 473 g/mol. The van der Waals surface area contributed by atoms with Crippen LogP contribution >= 0.6 is 0 Å². The smallest absolute Gasteiger partial charge is 0.251 e. The van der Waals surface area contributed by atoms with Gasteiger partial charge in [0.1, 0.15) is 19.0 Å². The van der Waals surface area contributed by atoms with E-state index in [1.165, 1.54) is 24.8 Å². The van der Waals surface area contributed by atoms with E-state index in [0.29, 0.717) is 49.0 Å². The first-order chi connectivity index (χ1) is 17.9. The summed E-state index contributed by atoms with van der Waals surface area (Å²) in [4.78, 5) is 23.3. The van der Waals surface area contributed by atoms with E-state index in [2.05, 4.69) is 41.0 Å². The zero-order chi connectivity index (χ0) is 26.2. The third-order valence-corrected chi connectivity index (χ3v) is 6.27. The maximum absolute atomic E-state index is 13.7. The van der Waals surface area contributed by atoms with Gasteiger partial charge in [-0.2, -0.15) is 0 Å². The van der Waals surface area contributed by atoms with E-state index < -0.39 is 5.82 Å². The van der Waals surface area contributed by atoms with Gasteiger partial charge < -0.3 is 24.3 Å². The van der Waals surface area contributed by atoms with Gasteiger partial charge in [-0.3, -0.25) is 14.8 Å². The Morgan fingerprint density at radius 2 is 1.86 bits per heavy atom. The first-order valence-electron chi connectivity index (χ1n) is 13.2. The minimum Gasteiger partial charge on any atom is -0.486 e. The van der Waals surface area contributed by atoms with Crippen LogP contribution in [-0.2, 0) is 13.1 Å². The molecule has 1 unspecified atom stereocenters. The molecule has 0 saturated carbocycles. The minimum atomic E-state index is -0.432. The Morgan fingerprint density at radius 3 is 2.68 bits per heavy atom. The van der Waals surface area contributed by atoms with Crippen molar-refractivity contribution in [1.29, 1.82) is 0 Å². The molecule has 0 spiro atoms. The molecule has 3 aromatic heterocycles. The summed E-state index contributed by atoms with van der Waals surface area (Å²) in [5.74, 6) is 2.39. The second-order valence-corrected chi connectivity index (χ2v) is 10.4. The molecule has 5 heterocycles. The highest BCUT2D eigenvalue weighted by Gasteiger charge is 2.20. The van der Waals surface area contributed by atoms with Crippen LogP contribution in [0.2, 0.25) is 0 Å². The van der Waals surface area contributed by atoms with Gasteiger partial charge in [-0.05, 0) is 43.8 Å². The van der Waals surface area contributed by atoms with E-state index in [1.54, 1.807) is 16.8 Å². The van der Waals surface area contributed by atoms with Gasteiger partial charge in [0.15, 0.2) is 11.5 Å². The average molecular weight is 512 g/mol. The number of hydrogen-bond donors (Lipinski definition) is 1. The van der Waals surface area contributed by atoms with E-state index in [0.717, 1.165) is 50.0 Å². The lowest BCUT2D eigenvalue weighted by Gasteiger charge is -2.33. The lowest BCUT2D eigenvalue weighted by molar-refractivity contribution is 0.166. The van der Waals surface area contributed by atoms with Crippen LogP contribution in [0.5, 0.6) is 11.5 Å². The van der Waals surface area contributed by atoms with Crippen molar-refractivity contribution in [2.24, 2.45) is 11.8 Å². The Hall–Kier alpha value is -3.04. The van der Waals surface area contributed by atoms with Crippen molar-refractivity contribution in [2.75, 3.05) is 39.4 Å². The topological polar surface area (TPSA) is 81.5 Å².